The van der Waals surface area contributed by atoms with Gasteiger partial charge in [-0.05, 0) is 60.3 Å². The zero-order valence-corrected chi connectivity index (χ0v) is 15.6. The Kier molecular flexibility index (Phi) is 5.55. The van der Waals surface area contributed by atoms with Crippen LogP contribution in [0, 0.1) is 5.82 Å². The summed E-state index contributed by atoms with van der Waals surface area (Å²) in [6, 6.07) is 10.4. The Bertz CT molecular complexity index is 976. The maximum atomic E-state index is 13.1. The molecule has 0 bridgehead atoms. The second-order valence-corrected chi connectivity index (χ2v) is 6.16. The molecule has 3 rings (SSSR count). The quantitative estimate of drug-likeness (QED) is 0.568. The summed E-state index contributed by atoms with van der Waals surface area (Å²) in [6.45, 7) is -0.280. The van der Waals surface area contributed by atoms with Crippen LogP contribution in [0.15, 0.2) is 48.2 Å². The molecule has 28 heavy (non-hydrogen) atoms. The Labute approximate surface area is 165 Å². The Morgan fingerprint density at radius 1 is 1.25 bits per heavy atom. The van der Waals surface area contributed by atoms with Crippen molar-refractivity contribution in [2.45, 2.75) is 0 Å². The fraction of sp³-hybridized carbons (Fsp3) is 0.105. The number of halogens is 1. The molecule has 0 aromatic heterocycles. The number of thiocarbonyl (C=S) groups is 1. The second kappa shape index (κ2) is 8.05. The van der Waals surface area contributed by atoms with Crippen LogP contribution in [0.25, 0.3) is 6.08 Å². The number of nitrogens with two attached hydrogens (primary N) is 1. The van der Waals surface area contributed by atoms with E-state index in [1.807, 2.05) is 0 Å². The number of carbonyl (C=O) groups is 2. The van der Waals surface area contributed by atoms with E-state index in [1.165, 1.54) is 36.3 Å². The van der Waals surface area contributed by atoms with Crippen molar-refractivity contribution in [1.29, 1.82) is 0 Å². The number of methoxy groups -OCH3 is 1. The van der Waals surface area contributed by atoms with Crippen molar-refractivity contribution in [3.05, 3.63) is 59.5 Å². The standard InChI is InChI=1S/C19H16FN3O4S/c1-26-16-9-11(2-7-15(16)27-10-17(21)24)8-14-18(25)23(19(28)22-14)13-5-3-12(20)4-6-13/h2-9H,10H2,1H3,(H2,21,24)(H,22,28)/b14-8+. The SMILES string of the molecule is COc1cc(/C=C2/NC(=S)N(c3ccc(F)cc3)C2=O)ccc1OCC(N)=O. The molecule has 1 saturated heterocycles. The largest absolute Gasteiger partial charge is 0.493 e. The Balaban J connectivity index is 1.85. The van der Waals surface area contributed by atoms with Crippen molar-refractivity contribution in [2.75, 3.05) is 18.6 Å². The van der Waals surface area contributed by atoms with Gasteiger partial charge in [0.05, 0.1) is 12.8 Å². The van der Waals surface area contributed by atoms with Crippen molar-refractivity contribution in [3.8, 4) is 11.5 Å². The van der Waals surface area contributed by atoms with Gasteiger partial charge in [-0.1, -0.05) is 6.07 Å². The van der Waals surface area contributed by atoms with Crippen LogP contribution in [0.1, 0.15) is 5.56 Å². The third-order valence-corrected chi connectivity index (χ3v) is 4.12. The second-order valence-electron chi connectivity index (χ2n) is 5.77. The first-order valence-corrected chi connectivity index (χ1v) is 8.51. The van der Waals surface area contributed by atoms with Gasteiger partial charge in [0.1, 0.15) is 11.5 Å². The lowest BCUT2D eigenvalue weighted by molar-refractivity contribution is -0.120. The molecule has 7 nitrogen and oxygen atoms in total. The summed E-state index contributed by atoms with van der Waals surface area (Å²) in [5.41, 5.74) is 6.42. The summed E-state index contributed by atoms with van der Waals surface area (Å²) in [4.78, 5) is 24.9. The third kappa shape index (κ3) is 4.09. The number of benzene rings is 2. The van der Waals surface area contributed by atoms with Gasteiger partial charge >= 0.3 is 0 Å². The van der Waals surface area contributed by atoms with Gasteiger partial charge in [-0.3, -0.25) is 14.5 Å². The average Bonchev–Trinajstić information content (AvgIpc) is 2.94. The van der Waals surface area contributed by atoms with Crippen molar-refractivity contribution in [2.24, 2.45) is 5.73 Å². The van der Waals surface area contributed by atoms with Crippen LogP contribution in [-0.2, 0) is 9.59 Å². The topological polar surface area (TPSA) is 93.9 Å². The number of rotatable bonds is 6. The number of primary amides is 1. The molecule has 0 radical (unpaired) electrons. The lowest BCUT2D eigenvalue weighted by atomic mass is 10.1. The van der Waals surface area contributed by atoms with E-state index in [-0.39, 0.29) is 23.3 Å². The van der Waals surface area contributed by atoms with Crippen LogP contribution >= 0.6 is 12.2 Å². The van der Waals surface area contributed by atoms with E-state index in [0.29, 0.717) is 22.7 Å². The van der Waals surface area contributed by atoms with Crippen LogP contribution in [0.4, 0.5) is 10.1 Å². The number of nitrogens with one attached hydrogen (secondary N) is 1. The number of hydrogen-bond acceptors (Lipinski definition) is 5. The van der Waals surface area contributed by atoms with Gasteiger partial charge in [0, 0.05) is 0 Å². The molecule has 1 heterocycles. The van der Waals surface area contributed by atoms with Crippen LogP contribution in [-0.4, -0.2) is 30.6 Å². The lowest BCUT2D eigenvalue weighted by Gasteiger charge is -2.13. The van der Waals surface area contributed by atoms with E-state index in [9.17, 15) is 14.0 Å². The summed E-state index contributed by atoms with van der Waals surface area (Å²) in [7, 11) is 1.45. The van der Waals surface area contributed by atoms with E-state index < -0.39 is 11.7 Å². The number of amides is 2. The molecule has 1 aliphatic heterocycles. The van der Waals surface area contributed by atoms with Gasteiger partial charge in [0.2, 0.25) is 0 Å². The molecule has 1 fully saturated rings. The van der Waals surface area contributed by atoms with Crippen LogP contribution in [0.2, 0.25) is 0 Å². The Morgan fingerprint density at radius 3 is 2.61 bits per heavy atom. The van der Waals surface area contributed by atoms with Crippen molar-refractivity contribution < 1.29 is 23.5 Å². The molecule has 0 spiro atoms. The Morgan fingerprint density at radius 2 is 1.96 bits per heavy atom. The maximum Gasteiger partial charge on any atom is 0.281 e. The summed E-state index contributed by atoms with van der Waals surface area (Å²) >= 11 is 5.22. The van der Waals surface area contributed by atoms with Gasteiger partial charge in [-0.25, -0.2) is 4.39 Å². The third-order valence-electron chi connectivity index (χ3n) is 3.83. The molecular formula is C19H16FN3O4S. The fourth-order valence-electron chi connectivity index (χ4n) is 2.57. The fourth-order valence-corrected chi connectivity index (χ4v) is 2.87. The number of carbonyl (C=O) groups excluding carboxylic acids is 2. The maximum absolute atomic E-state index is 13.1. The molecule has 3 N–H and O–H groups in total. The molecule has 0 atom stereocenters. The molecule has 1 aliphatic rings. The van der Waals surface area contributed by atoms with E-state index in [4.69, 9.17) is 27.4 Å². The molecular weight excluding hydrogens is 385 g/mol. The van der Waals surface area contributed by atoms with Crippen LogP contribution in [0.3, 0.4) is 0 Å². The number of anilines is 1. The van der Waals surface area contributed by atoms with Gasteiger partial charge < -0.3 is 20.5 Å². The van der Waals surface area contributed by atoms with E-state index in [2.05, 4.69) is 5.32 Å². The Hall–Kier alpha value is -3.46. The van der Waals surface area contributed by atoms with Crippen LogP contribution < -0.4 is 25.4 Å². The highest BCUT2D eigenvalue weighted by Crippen LogP contribution is 2.30. The van der Waals surface area contributed by atoms with Gasteiger partial charge in [0.25, 0.3) is 11.8 Å². The monoisotopic (exact) mass is 401 g/mol. The molecule has 2 amide bonds. The molecule has 144 valence electrons. The lowest BCUT2D eigenvalue weighted by Crippen LogP contribution is -2.30. The summed E-state index contributed by atoms with van der Waals surface area (Å²) in [6.07, 6.45) is 1.60. The summed E-state index contributed by atoms with van der Waals surface area (Å²) < 4.78 is 23.6. The van der Waals surface area contributed by atoms with Crippen molar-refractivity contribution >= 4 is 40.9 Å². The van der Waals surface area contributed by atoms with Gasteiger partial charge in [-0.2, -0.15) is 0 Å². The van der Waals surface area contributed by atoms with E-state index >= 15 is 0 Å². The van der Waals surface area contributed by atoms with Crippen molar-refractivity contribution in [3.63, 3.8) is 0 Å². The van der Waals surface area contributed by atoms with Gasteiger partial charge in [0.15, 0.2) is 23.2 Å². The van der Waals surface area contributed by atoms with Crippen molar-refractivity contribution in [1.82, 2.24) is 5.32 Å². The highest BCUT2D eigenvalue weighted by Gasteiger charge is 2.32. The molecule has 9 heteroatoms. The number of hydrogen-bond donors (Lipinski definition) is 2. The minimum atomic E-state index is -0.608. The average molecular weight is 401 g/mol. The summed E-state index contributed by atoms with van der Waals surface area (Å²) in [5.74, 6) is -0.666. The number of ether oxygens (including phenoxy) is 2. The highest BCUT2D eigenvalue weighted by atomic mass is 32.1. The number of nitrogens with zero attached hydrogens (tertiary/aromatic N) is 1. The zero-order valence-electron chi connectivity index (χ0n) is 14.8. The normalized spacial score (nSPS) is 14.9. The first kappa shape index (κ1) is 19.3. The first-order chi connectivity index (χ1) is 13.4. The summed E-state index contributed by atoms with van der Waals surface area (Å²) in [5, 5.41) is 3.04. The minimum absolute atomic E-state index is 0.191. The molecule has 2 aromatic rings. The predicted octanol–water partition coefficient (Wildman–Crippen LogP) is 1.96. The molecule has 0 saturated carbocycles. The smallest absolute Gasteiger partial charge is 0.281 e. The molecule has 0 unspecified atom stereocenters. The van der Waals surface area contributed by atoms with Crippen LogP contribution in [0.5, 0.6) is 11.5 Å². The highest BCUT2D eigenvalue weighted by molar-refractivity contribution is 7.80. The zero-order chi connectivity index (χ0) is 20.3. The van der Waals surface area contributed by atoms with Gasteiger partial charge in [-0.15, -0.1) is 0 Å². The van der Waals surface area contributed by atoms with E-state index in [1.54, 1.807) is 24.3 Å². The molecule has 2 aromatic carbocycles. The molecule has 0 aliphatic carbocycles. The predicted molar refractivity (Wildman–Crippen MR) is 105 cm³/mol. The minimum Gasteiger partial charge on any atom is -0.493 e. The first-order valence-electron chi connectivity index (χ1n) is 8.11. The van der Waals surface area contributed by atoms with E-state index in [0.717, 1.165) is 0 Å².